The molecule has 2 heterocycles. The Labute approximate surface area is 135 Å². The number of anilines is 1. The summed E-state index contributed by atoms with van der Waals surface area (Å²) in [6.45, 7) is -0.589. The van der Waals surface area contributed by atoms with Crippen molar-refractivity contribution in [2.75, 3.05) is 11.9 Å². The van der Waals surface area contributed by atoms with Crippen LogP contribution in [0.3, 0.4) is 0 Å². The van der Waals surface area contributed by atoms with Crippen molar-refractivity contribution in [2.45, 2.75) is 0 Å². The van der Waals surface area contributed by atoms with Gasteiger partial charge in [0.2, 0.25) is 0 Å². The second-order valence-corrected chi connectivity index (χ2v) is 4.86. The smallest absolute Gasteiger partial charge is 0.405 e. The number of aromatic nitrogens is 2. The molecule has 0 unspecified atom stereocenters. The fourth-order valence-corrected chi connectivity index (χ4v) is 1.89. The number of nitrogens with one attached hydrogen (secondary N) is 1. The average Bonchev–Trinajstić information content (AvgIpc) is 2.48. The molecule has 114 valence electrons. The standard InChI is InChI=1S/C13H9Cl2N3O4/c14-8-5-9(15)12(16-6-8)17-11(19)7-22-13(20)10-3-1-2-4-18(10)21/h1-6H,7H2,(H,16,17,19). The van der Waals surface area contributed by atoms with E-state index in [4.69, 9.17) is 27.9 Å². The van der Waals surface area contributed by atoms with Crippen molar-refractivity contribution in [1.29, 1.82) is 0 Å². The molecule has 0 bridgehead atoms. The van der Waals surface area contributed by atoms with Crippen LogP contribution in [0.1, 0.15) is 10.5 Å². The van der Waals surface area contributed by atoms with E-state index in [-0.39, 0.29) is 16.5 Å². The summed E-state index contributed by atoms with van der Waals surface area (Å²) in [7, 11) is 0. The van der Waals surface area contributed by atoms with E-state index in [1.54, 1.807) is 0 Å². The third-order valence-corrected chi connectivity index (χ3v) is 2.93. The minimum atomic E-state index is -0.916. The Bertz CT molecular complexity index is 724. The van der Waals surface area contributed by atoms with Crippen LogP contribution in [0.2, 0.25) is 10.0 Å². The van der Waals surface area contributed by atoms with E-state index in [0.717, 1.165) is 6.20 Å². The normalized spacial score (nSPS) is 10.1. The molecule has 0 aliphatic rings. The summed E-state index contributed by atoms with van der Waals surface area (Å²) < 4.78 is 5.08. The first-order valence-corrected chi connectivity index (χ1v) is 6.69. The molecule has 7 nitrogen and oxygen atoms in total. The van der Waals surface area contributed by atoms with Gasteiger partial charge in [-0.1, -0.05) is 23.2 Å². The van der Waals surface area contributed by atoms with Gasteiger partial charge in [-0.15, -0.1) is 0 Å². The number of ether oxygens (including phenoxy) is 1. The first-order chi connectivity index (χ1) is 10.5. The monoisotopic (exact) mass is 341 g/mol. The van der Waals surface area contributed by atoms with Crippen molar-refractivity contribution in [3.8, 4) is 0 Å². The molecular formula is C13H9Cl2N3O4. The third kappa shape index (κ3) is 4.06. The second kappa shape index (κ2) is 7.06. The first-order valence-electron chi connectivity index (χ1n) is 5.93. The minimum absolute atomic E-state index is 0.0886. The minimum Gasteiger partial charge on any atom is -0.618 e. The van der Waals surface area contributed by atoms with Crippen molar-refractivity contribution < 1.29 is 19.1 Å². The molecule has 0 radical (unpaired) electrons. The lowest BCUT2D eigenvalue weighted by atomic mass is 10.3. The summed E-state index contributed by atoms with van der Waals surface area (Å²) in [5.74, 6) is -1.48. The van der Waals surface area contributed by atoms with Crippen LogP contribution in [0.5, 0.6) is 0 Å². The number of carbonyl (C=O) groups is 2. The van der Waals surface area contributed by atoms with E-state index in [2.05, 4.69) is 10.3 Å². The Morgan fingerprint density at radius 1 is 1.36 bits per heavy atom. The molecule has 0 atom stereocenters. The van der Waals surface area contributed by atoms with E-state index < -0.39 is 18.5 Å². The highest BCUT2D eigenvalue weighted by atomic mass is 35.5. The summed E-state index contributed by atoms with van der Waals surface area (Å²) in [5.41, 5.74) is -0.224. The maximum absolute atomic E-state index is 11.7. The molecule has 2 aromatic heterocycles. The quantitative estimate of drug-likeness (QED) is 0.519. The van der Waals surface area contributed by atoms with Crippen molar-refractivity contribution in [2.24, 2.45) is 0 Å². The van der Waals surface area contributed by atoms with E-state index in [0.29, 0.717) is 9.75 Å². The lowest BCUT2D eigenvalue weighted by molar-refractivity contribution is -0.608. The Kier molecular flexibility index (Phi) is 5.13. The molecule has 22 heavy (non-hydrogen) atoms. The molecule has 1 amide bonds. The lowest BCUT2D eigenvalue weighted by Crippen LogP contribution is -2.35. The van der Waals surface area contributed by atoms with Crippen LogP contribution < -0.4 is 10.0 Å². The fraction of sp³-hybridized carbons (Fsp3) is 0.0769. The second-order valence-electron chi connectivity index (χ2n) is 4.02. The van der Waals surface area contributed by atoms with Gasteiger partial charge >= 0.3 is 11.7 Å². The lowest BCUT2D eigenvalue weighted by Gasteiger charge is -2.07. The molecule has 1 N–H and O–H groups in total. The molecule has 2 rings (SSSR count). The Morgan fingerprint density at radius 3 is 2.82 bits per heavy atom. The summed E-state index contributed by atoms with van der Waals surface area (Å²) in [4.78, 5) is 27.1. The van der Waals surface area contributed by atoms with Crippen LogP contribution in [0.4, 0.5) is 5.82 Å². The summed E-state index contributed by atoms with van der Waals surface area (Å²) in [6, 6.07) is 5.65. The Morgan fingerprint density at radius 2 is 2.14 bits per heavy atom. The SMILES string of the molecule is O=C(COC(=O)c1cccc[n+]1[O-])Nc1ncc(Cl)cc1Cl. The molecule has 0 saturated carbocycles. The largest absolute Gasteiger partial charge is 0.618 e. The number of hydrogen-bond donors (Lipinski definition) is 1. The molecule has 0 fully saturated rings. The van der Waals surface area contributed by atoms with E-state index >= 15 is 0 Å². The fourth-order valence-electron chi connectivity index (χ4n) is 1.47. The van der Waals surface area contributed by atoms with Gasteiger partial charge in [0.1, 0.15) is 0 Å². The molecule has 0 saturated heterocycles. The van der Waals surface area contributed by atoms with Crippen LogP contribution in [0.25, 0.3) is 0 Å². The van der Waals surface area contributed by atoms with Crippen molar-refractivity contribution >= 4 is 40.9 Å². The maximum atomic E-state index is 11.7. The van der Waals surface area contributed by atoms with Gasteiger partial charge in [0, 0.05) is 18.3 Å². The summed E-state index contributed by atoms with van der Waals surface area (Å²) in [5, 5.41) is 14.2. The van der Waals surface area contributed by atoms with Gasteiger partial charge in [-0.3, -0.25) is 4.79 Å². The molecular weight excluding hydrogens is 333 g/mol. The number of nitrogens with zero attached hydrogens (tertiary/aromatic N) is 2. The molecule has 9 heteroatoms. The topological polar surface area (TPSA) is 95.2 Å². The number of pyridine rings is 2. The molecule has 0 aliphatic carbocycles. The highest BCUT2D eigenvalue weighted by Gasteiger charge is 2.18. The average molecular weight is 342 g/mol. The third-order valence-electron chi connectivity index (χ3n) is 2.43. The van der Waals surface area contributed by atoms with Crippen molar-refractivity contribution in [3.05, 3.63) is 57.6 Å². The summed E-state index contributed by atoms with van der Waals surface area (Å²) >= 11 is 11.5. The van der Waals surface area contributed by atoms with Crippen LogP contribution >= 0.6 is 23.2 Å². The van der Waals surface area contributed by atoms with Crippen molar-refractivity contribution in [3.63, 3.8) is 0 Å². The molecule has 0 aromatic carbocycles. The van der Waals surface area contributed by atoms with Crippen LogP contribution in [-0.4, -0.2) is 23.5 Å². The number of carbonyl (C=O) groups excluding carboxylic acids is 2. The number of esters is 1. The van der Waals surface area contributed by atoms with E-state index in [9.17, 15) is 14.8 Å². The van der Waals surface area contributed by atoms with Gasteiger partial charge in [-0.05, 0) is 12.1 Å². The summed E-state index contributed by atoms with van der Waals surface area (Å²) in [6.07, 6.45) is 2.45. The van der Waals surface area contributed by atoms with Crippen LogP contribution in [0.15, 0.2) is 36.7 Å². The van der Waals surface area contributed by atoms with Gasteiger partial charge in [-0.25, -0.2) is 9.78 Å². The first kappa shape index (κ1) is 16.0. The zero-order chi connectivity index (χ0) is 16.1. The molecule has 0 spiro atoms. The number of hydrogen-bond acceptors (Lipinski definition) is 5. The highest BCUT2D eigenvalue weighted by Crippen LogP contribution is 2.22. The highest BCUT2D eigenvalue weighted by molar-refractivity contribution is 6.36. The van der Waals surface area contributed by atoms with E-state index in [1.165, 1.54) is 30.5 Å². The predicted molar refractivity (Wildman–Crippen MR) is 78.6 cm³/mol. The molecule has 0 aliphatic heterocycles. The van der Waals surface area contributed by atoms with Crippen LogP contribution in [-0.2, 0) is 9.53 Å². The van der Waals surface area contributed by atoms with E-state index in [1.807, 2.05) is 0 Å². The van der Waals surface area contributed by atoms with Gasteiger partial charge in [0.15, 0.2) is 18.6 Å². The van der Waals surface area contributed by atoms with Crippen molar-refractivity contribution in [1.82, 2.24) is 4.98 Å². The van der Waals surface area contributed by atoms with Gasteiger partial charge < -0.3 is 15.3 Å². The Hall–Kier alpha value is -2.38. The number of amides is 1. The van der Waals surface area contributed by atoms with Gasteiger partial charge in [0.05, 0.1) is 10.0 Å². The zero-order valence-corrected chi connectivity index (χ0v) is 12.5. The molecule has 2 aromatic rings. The predicted octanol–water partition coefficient (Wildman–Crippen LogP) is 1.82. The van der Waals surface area contributed by atoms with Gasteiger partial charge in [-0.2, -0.15) is 4.73 Å². The van der Waals surface area contributed by atoms with Gasteiger partial charge in [0.25, 0.3) is 5.91 Å². The zero-order valence-electron chi connectivity index (χ0n) is 11.0. The Balaban J connectivity index is 1.93. The number of halogens is 2. The van der Waals surface area contributed by atoms with Crippen LogP contribution in [0, 0.1) is 5.21 Å². The number of rotatable bonds is 4. The maximum Gasteiger partial charge on any atom is 0.405 e.